The molecule has 6 nitrogen and oxygen atoms in total. The highest BCUT2D eigenvalue weighted by atomic mass is 32.2. The van der Waals surface area contributed by atoms with Gasteiger partial charge in [0.2, 0.25) is 0 Å². The Hall–Kier alpha value is -2.84. The molecule has 3 heterocycles. The standard InChI is InChI=1S/C24H25N3O3S2/c1-13-6-7-14(2)18(10-13)31-12-19-25-22(28)20-16(4)21(32-23(20)26-19)24(29)27(5)11-17-9-8-15(3)30-17/h6-10H,11-12H2,1-5H3,(H,25,26,28). The molecule has 0 fully saturated rings. The summed E-state index contributed by atoms with van der Waals surface area (Å²) in [6, 6.07) is 10.1. The highest BCUT2D eigenvalue weighted by Gasteiger charge is 2.22. The SMILES string of the molecule is Cc1ccc(C)c(SCc2nc3sc(C(=O)N(C)Cc4ccc(C)o4)c(C)c3c(=O)[nH]2)c1. The van der Waals surface area contributed by atoms with Crippen LogP contribution in [0.3, 0.4) is 0 Å². The van der Waals surface area contributed by atoms with Gasteiger partial charge in [0.05, 0.1) is 22.6 Å². The topological polar surface area (TPSA) is 79.2 Å². The van der Waals surface area contributed by atoms with Crippen LogP contribution in [0, 0.1) is 27.7 Å². The third kappa shape index (κ3) is 4.52. The fraction of sp³-hybridized carbons (Fsp3) is 0.292. The van der Waals surface area contributed by atoms with Crippen LogP contribution in [0.5, 0.6) is 0 Å². The van der Waals surface area contributed by atoms with Crippen molar-refractivity contribution in [1.82, 2.24) is 14.9 Å². The lowest BCUT2D eigenvalue weighted by atomic mass is 10.2. The zero-order chi connectivity index (χ0) is 23.0. The van der Waals surface area contributed by atoms with Crippen molar-refractivity contribution in [1.29, 1.82) is 0 Å². The quantitative estimate of drug-likeness (QED) is 0.385. The van der Waals surface area contributed by atoms with Crippen molar-refractivity contribution < 1.29 is 9.21 Å². The van der Waals surface area contributed by atoms with Crippen LogP contribution in [0.1, 0.15) is 43.7 Å². The number of furan rings is 1. The first-order valence-electron chi connectivity index (χ1n) is 10.3. The van der Waals surface area contributed by atoms with E-state index < -0.39 is 0 Å². The second-order valence-electron chi connectivity index (χ2n) is 7.98. The number of thioether (sulfide) groups is 1. The molecule has 0 aliphatic heterocycles. The first kappa shape index (κ1) is 22.4. The lowest BCUT2D eigenvalue weighted by Crippen LogP contribution is -2.25. The number of benzene rings is 1. The fourth-order valence-corrected chi connectivity index (χ4v) is 5.71. The minimum atomic E-state index is -0.205. The van der Waals surface area contributed by atoms with E-state index in [1.165, 1.54) is 27.4 Å². The van der Waals surface area contributed by atoms with Gasteiger partial charge < -0.3 is 14.3 Å². The normalized spacial score (nSPS) is 11.3. The third-order valence-electron chi connectivity index (χ3n) is 5.29. The van der Waals surface area contributed by atoms with Gasteiger partial charge in [-0.1, -0.05) is 17.7 Å². The summed E-state index contributed by atoms with van der Waals surface area (Å²) in [4.78, 5) is 37.3. The first-order chi connectivity index (χ1) is 15.2. The van der Waals surface area contributed by atoms with E-state index in [-0.39, 0.29) is 11.5 Å². The van der Waals surface area contributed by atoms with Gasteiger partial charge in [0.15, 0.2) is 0 Å². The second-order valence-corrected chi connectivity index (χ2v) is 10.00. The number of rotatable bonds is 6. The molecule has 0 spiro atoms. The zero-order valence-corrected chi connectivity index (χ0v) is 20.4. The van der Waals surface area contributed by atoms with Gasteiger partial charge in [-0.25, -0.2) is 4.98 Å². The van der Waals surface area contributed by atoms with Gasteiger partial charge in [0.25, 0.3) is 11.5 Å². The summed E-state index contributed by atoms with van der Waals surface area (Å²) in [6.07, 6.45) is 0. The number of aryl methyl sites for hydroxylation is 4. The summed E-state index contributed by atoms with van der Waals surface area (Å²) in [7, 11) is 1.73. The Morgan fingerprint density at radius 2 is 1.97 bits per heavy atom. The number of carbonyl (C=O) groups excluding carboxylic acids is 1. The Bertz CT molecular complexity index is 1370. The van der Waals surface area contributed by atoms with E-state index in [0.29, 0.717) is 38.8 Å². The Balaban J connectivity index is 1.58. The van der Waals surface area contributed by atoms with Crippen LogP contribution >= 0.6 is 23.1 Å². The average molecular weight is 468 g/mol. The second kappa shape index (κ2) is 8.96. The van der Waals surface area contributed by atoms with Gasteiger partial charge in [-0.05, 0) is 57.0 Å². The summed E-state index contributed by atoms with van der Waals surface area (Å²) < 4.78 is 5.58. The Kier molecular flexibility index (Phi) is 6.26. The molecule has 4 rings (SSSR count). The van der Waals surface area contributed by atoms with E-state index in [1.54, 1.807) is 30.6 Å². The van der Waals surface area contributed by atoms with Crippen LogP contribution in [0.15, 0.2) is 44.4 Å². The molecule has 0 unspecified atom stereocenters. The maximum atomic E-state index is 13.1. The Morgan fingerprint density at radius 3 is 2.69 bits per heavy atom. The molecule has 32 heavy (non-hydrogen) atoms. The number of nitrogens with one attached hydrogen (secondary N) is 1. The van der Waals surface area contributed by atoms with Crippen molar-refractivity contribution in [3.63, 3.8) is 0 Å². The Labute approximate surface area is 194 Å². The summed E-state index contributed by atoms with van der Waals surface area (Å²) in [5, 5.41) is 0.487. The van der Waals surface area contributed by atoms with Gasteiger partial charge in [-0.15, -0.1) is 23.1 Å². The predicted octanol–water partition coefficient (Wildman–Crippen LogP) is 5.38. The summed E-state index contributed by atoms with van der Waals surface area (Å²) in [6.45, 7) is 8.17. The van der Waals surface area contributed by atoms with Crippen LogP contribution in [-0.2, 0) is 12.3 Å². The first-order valence-corrected chi connectivity index (χ1v) is 12.1. The largest absolute Gasteiger partial charge is 0.464 e. The van der Waals surface area contributed by atoms with Crippen molar-refractivity contribution in [3.05, 3.63) is 79.6 Å². The van der Waals surface area contributed by atoms with Crippen LogP contribution < -0.4 is 5.56 Å². The van der Waals surface area contributed by atoms with Gasteiger partial charge in [0.1, 0.15) is 22.2 Å². The van der Waals surface area contributed by atoms with E-state index in [9.17, 15) is 9.59 Å². The molecule has 0 saturated carbocycles. The van der Waals surface area contributed by atoms with Crippen LogP contribution in [0.4, 0.5) is 0 Å². The molecular weight excluding hydrogens is 442 g/mol. The minimum absolute atomic E-state index is 0.148. The van der Waals surface area contributed by atoms with Crippen molar-refractivity contribution >= 4 is 39.2 Å². The highest BCUT2D eigenvalue weighted by Crippen LogP contribution is 2.30. The number of thiophene rings is 1. The molecule has 4 aromatic rings. The minimum Gasteiger partial charge on any atom is -0.464 e. The van der Waals surface area contributed by atoms with Crippen molar-refractivity contribution in [2.45, 2.75) is 44.9 Å². The predicted molar refractivity (Wildman–Crippen MR) is 130 cm³/mol. The fourth-order valence-electron chi connectivity index (χ4n) is 3.52. The lowest BCUT2D eigenvalue weighted by molar-refractivity contribution is 0.0779. The molecule has 8 heteroatoms. The van der Waals surface area contributed by atoms with Crippen molar-refractivity contribution in [3.8, 4) is 0 Å². The number of aromatic nitrogens is 2. The van der Waals surface area contributed by atoms with E-state index in [0.717, 1.165) is 11.5 Å². The van der Waals surface area contributed by atoms with Gasteiger partial charge in [-0.2, -0.15) is 0 Å². The van der Waals surface area contributed by atoms with E-state index in [1.807, 2.05) is 19.1 Å². The van der Waals surface area contributed by atoms with Crippen molar-refractivity contribution in [2.24, 2.45) is 0 Å². The van der Waals surface area contributed by atoms with Gasteiger partial charge in [0, 0.05) is 11.9 Å². The zero-order valence-electron chi connectivity index (χ0n) is 18.7. The lowest BCUT2D eigenvalue weighted by Gasteiger charge is -2.15. The maximum Gasteiger partial charge on any atom is 0.264 e. The Morgan fingerprint density at radius 1 is 1.19 bits per heavy atom. The smallest absolute Gasteiger partial charge is 0.264 e. The van der Waals surface area contributed by atoms with Crippen LogP contribution in [0.2, 0.25) is 0 Å². The molecule has 166 valence electrons. The van der Waals surface area contributed by atoms with E-state index >= 15 is 0 Å². The molecule has 0 aliphatic rings. The number of hydrogen-bond donors (Lipinski definition) is 1. The van der Waals surface area contributed by atoms with E-state index in [2.05, 4.69) is 42.0 Å². The van der Waals surface area contributed by atoms with Gasteiger partial charge in [-0.3, -0.25) is 9.59 Å². The monoisotopic (exact) mass is 467 g/mol. The highest BCUT2D eigenvalue weighted by molar-refractivity contribution is 7.98. The number of fused-ring (bicyclic) bond motifs is 1. The van der Waals surface area contributed by atoms with Crippen molar-refractivity contribution in [2.75, 3.05) is 7.05 Å². The number of amides is 1. The number of carbonyl (C=O) groups is 1. The number of hydrogen-bond acceptors (Lipinski definition) is 6. The number of H-pyrrole nitrogens is 1. The number of nitrogens with zero attached hydrogens (tertiary/aromatic N) is 2. The summed E-state index contributed by atoms with van der Waals surface area (Å²) >= 11 is 2.91. The molecule has 0 aliphatic carbocycles. The molecule has 0 bridgehead atoms. The van der Waals surface area contributed by atoms with Gasteiger partial charge >= 0.3 is 0 Å². The average Bonchev–Trinajstić information content (AvgIpc) is 3.30. The van der Waals surface area contributed by atoms with Crippen LogP contribution in [-0.4, -0.2) is 27.8 Å². The summed E-state index contributed by atoms with van der Waals surface area (Å²) in [5.74, 6) is 2.53. The molecule has 0 radical (unpaired) electrons. The third-order valence-corrected chi connectivity index (χ3v) is 7.63. The molecule has 1 amide bonds. The molecule has 1 N–H and O–H groups in total. The molecular formula is C24H25N3O3S2. The molecule has 3 aromatic heterocycles. The molecule has 1 aromatic carbocycles. The number of aromatic amines is 1. The van der Waals surface area contributed by atoms with E-state index in [4.69, 9.17) is 4.42 Å². The maximum absolute atomic E-state index is 13.1. The summed E-state index contributed by atoms with van der Waals surface area (Å²) in [5.41, 5.74) is 2.85. The molecule has 0 atom stereocenters. The molecule has 0 saturated heterocycles. The van der Waals surface area contributed by atoms with Crippen LogP contribution in [0.25, 0.3) is 10.2 Å².